The van der Waals surface area contributed by atoms with Crippen molar-refractivity contribution in [3.63, 3.8) is 0 Å². The van der Waals surface area contributed by atoms with E-state index >= 15 is 0 Å². The number of methoxy groups -OCH3 is 1. The molecule has 0 saturated carbocycles. The normalized spacial score (nSPS) is 10.6. The molecule has 3 heterocycles. The largest absolute Gasteiger partial charge is 0.497 e. The SMILES string of the molecule is COc1ccnc(CSCc2csc(-c3ccccn3)n2)c1. The fraction of sp³-hybridized carbons (Fsp3) is 0.188. The van der Waals surface area contributed by atoms with E-state index in [9.17, 15) is 0 Å². The minimum Gasteiger partial charge on any atom is -0.497 e. The molecule has 0 aromatic carbocycles. The number of thiazole rings is 1. The van der Waals surface area contributed by atoms with Gasteiger partial charge in [0.2, 0.25) is 0 Å². The van der Waals surface area contributed by atoms with Crippen LogP contribution in [-0.2, 0) is 11.5 Å². The zero-order valence-electron chi connectivity index (χ0n) is 12.1. The molecule has 0 radical (unpaired) electrons. The predicted octanol–water partition coefficient (Wildman–Crippen LogP) is 4.04. The van der Waals surface area contributed by atoms with Crippen molar-refractivity contribution in [3.05, 3.63) is 59.5 Å². The zero-order valence-corrected chi connectivity index (χ0v) is 13.7. The van der Waals surface area contributed by atoms with Gasteiger partial charge in [-0.15, -0.1) is 23.1 Å². The van der Waals surface area contributed by atoms with Crippen LogP contribution in [0.15, 0.2) is 48.1 Å². The van der Waals surface area contributed by atoms with Crippen molar-refractivity contribution in [3.8, 4) is 16.5 Å². The molecule has 0 bridgehead atoms. The lowest BCUT2D eigenvalue weighted by Gasteiger charge is -2.02. The van der Waals surface area contributed by atoms with E-state index in [-0.39, 0.29) is 0 Å². The minimum absolute atomic E-state index is 0.841. The van der Waals surface area contributed by atoms with Gasteiger partial charge in [0.05, 0.1) is 24.2 Å². The first-order valence-corrected chi connectivity index (χ1v) is 8.81. The first kappa shape index (κ1) is 15.0. The molecule has 0 aliphatic heterocycles. The summed E-state index contributed by atoms with van der Waals surface area (Å²) in [5, 5.41) is 3.06. The van der Waals surface area contributed by atoms with Crippen molar-refractivity contribution in [2.24, 2.45) is 0 Å². The molecule has 0 N–H and O–H groups in total. The molecule has 4 nitrogen and oxygen atoms in total. The maximum absolute atomic E-state index is 5.20. The highest BCUT2D eigenvalue weighted by molar-refractivity contribution is 7.97. The average Bonchev–Trinajstić information content (AvgIpc) is 3.05. The number of pyridine rings is 2. The summed E-state index contributed by atoms with van der Waals surface area (Å²) in [6.07, 6.45) is 3.57. The van der Waals surface area contributed by atoms with Crippen LogP contribution in [0, 0.1) is 0 Å². The Bertz CT molecular complexity index is 731. The Morgan fingerprint density at radius 1 is 1.09 bits per heavy atom. The van der Waals surface area contributed by atoms with E-state index in [4.69, 9.17) is 4.74 Å². The van der Waals surface area contributed by atoms with E-state index < -0.39 is 0 Å². The van der Waals surface area contributed by atoms with Crippen LogP contribution in [0.4, 0.5) is 0 Å². The summed E-state index contributed by atoms with van der Waals surface area (Å²) < 4.78 is 5.20. The van der Waals surface area contributed by atoms with Crippen LogP contribution < -0.4 is 4.74 Å². The number of hydrogen-bond acceptors (Lipinski definition) is 6. The highest BCUT2D eigenvalue weighted by Crippen LogP contribution is 2.25. The van der Waals surface area contributed by atoms with E-state index in [0.717, 1.165) is 39.3 Å². The van der Waals surface area contributed by atoms with Crippen LogP contribution in [0.2, 0.25) is 0 Å². The third kappa shape index (κ3) is 3.84. The maximum atomic E-state index is 5.20. The molecular formula is C16H15N3OS2. The predicted molar refractivity (Wildman–Crippen MR) is 91.1 cm³/mol. The van der Waals surface area contributed by atoms with E-state index in [0.29, 0.717) is 0 Å². The van der Waals surface area contributed by atoms with E-state index in [1.807, 2.05) is 30.3 Å². The summed E-state index contributed by atoms with van der Waals surface area (Å²) in [6.45, 7) is 0. The molecule has 6 heteroatoms. The highest BCUT2D eigenvalue weighted by Gasteiger charge is 2.06. The zero-order chi connectivity index (χ0) is 15.2. The standard InChI is InChI=1S/C16H15N3OS2/c1-20-14-5-7-17-12(8-14)9-21-10-13-11-22-16(19-13)15-4-2-3-6-18-15/h2-8,11H,9-10H2,1H3. The fourth-order valence-corrected chi connectivity index (χ4v) is 3.63. The van der Waals surface area contributed by atoms with Gasteiger partial charge in [0.25, 0.3) is 0 Å². The van der Waals surface area contributed by atoms with Gasteiger partial charge in [-0.05, 0) is 18.2 Å². The first-order chi connectivity index (χ1) is 10.8. The summed E-state index contributed by atoms with van der Waals surface area (Å²) >= 11 is 3.43. The number of nitrogens with zero attached hydrogens (tertiary/aromatic N) is 3. The third-order valence-corrected chi connectivity index (χ3v) is 4.87. The Morgan fingerprint density at radius 2 is 2.00 bits per heavy atom. The van der Waals surface area contributed by atoms with Crippen molar-refractivity contribution in [1.82, 2.24) is 15.0 Å². The third-order valence-electron chi connectivity index (χ3n) is 2.96. The van der Waals surface area contributed by atoms with Crippen LogP contribution in [0.25, 0.3) is 10.7 Å². The van der Waals surface area contributed by atoms with Crippen LogP contribution in [0.5, 0.6) is 5.75 Å². The smallest absolute Gasteiger partial charge is 0.142 e. The van der Waals surface area contributed by atoms with Crippen molar-refractivity contribution < 1.29 is 4.74 Å². The molecule has 3 aromatic heterocycles. The summed E-state index contributed by atoms with van der Waals surface area (Å²) in [5.74, 6) is 2.55. The van der Waals surface area contributed by atoms with Gasteiger partial charge in [-0.2, -0.15) is 0 Å². The average molecular weight is 329 g/mol. The molecule has 0 unspecified atom stereocenters. The molecule has 0 aliphatic carbocycles. The van der Waals surface area contributed by atoms with Crippen molar-refractivity contribution in [1.29, 1.82) is 0 Å². The topological polar surface area (TPSA) is 47.9 Å². The van der Waals surface area contributed by atoms with Gasteiger partial charge in [-0.25, -0.2) is 4.98 Å². The molecule has 0 amide bonds. The Morgan fingerprint density at radius 3 is 2.82 bits per heavy atom. The van der Waals surface area contributed by atoms with Crippen LogP contribution >= 0.6 is 23.1 Å². The van der Waals surface area contributed by atoms with Crippen LogP contribution in [0.3, 0.4) is 0 Å². The molecule has 0 saturated heterocycles. The number of aromatic nitrogens is 3. The van der Waals surface area contributed by atoms with Crippen LogP contribution in [0.1, 0.15) is 11.4 Å². The number of rotatable bonds is 6. The maximum Gasteiger partial charge on any atom is 0.142 e. The molecule has 0 spiro atoms. The summed E-state index contributed by atoms with van der Waals surface area (Å²) in [7, 11) is 1.67. The van der Waals surface area contributed by atoms with E-state index in [2.05, 4.69) is 20.3 Å². The lowest BCUT2D eigenvalue weighted by Crippen LogP contribution is -1.90. The van der Waals surface area contributed by atoms with Crippen molar-refractivity contribution >= 4 is 23.1 Å². The van der Waals surface area contributed by atoms with Gasteiger partial charge in [-0.1, -0.05) is 6.07 Å². The monoisotopic (exact) mass is 329 g/mol. The van der Waals surface area contributed by atoms with Crippen LogP contribution in [-0.4, -0.2) is 22.1 Å². The van der Waals surface area contributed by atoms with Gasteiger partial charge < -0.3 is 4.74 Å². The summed E-state index contributed by atoms with van der Waals surface area (Å²) in [5.41, 5.74) is 3.03. The van der Waals surface area contributed by atoms with Gasteiger partial charge in [0.1, 0.15) is 10.8 Å². The summed E-state index contributed by atoms with van der Waals surface area (Å²) in [6, 6.07) is 9.69. The Balaban J connectivity index is 1.57. The van der Waals surface area contributed by atoms with Gasteiger partial charge in [0.15, 0.2) is 0 Å². The Kier molecular flexibility index (Phi) is 5.03. The minimum atomic E-state index is 0.841. The molecule has 3 rings (SSSR count). The molecular weight excluding hydrogens is 314 g/mol. The number of ether oxygens (including phenoxy) is 1. The summed E-state index contributed by atoms with van der Waals surface area (Å²) in [4.78, 5) is 13.3. The van der Waals surface area contributed by atoms with E-state index in [1.54, 1.807) is 42.6 Å². The molecule has 112 valence electrons. The van der Waals surface area contributed by atoms with Gasteiger partial charge in [-0.3, -0.25) is 9.97 Å². The fourth-order valence-electron chi connectivity index (χ4n) is 1.90. The Labute approximate surface area is 137 Å². The van der Waals surface area contributed by atoms with Gasteiger partial charge >= 0.3 is 0 Å². The van der Waals surface area contributed by atoms with Gasteiger partial charge in [0, 0.05) is 35.3 Å². The second kappa shape index (κ2) is 7.38. The lowest BCUT2D eigenvalue weighted by molar-refractivity contribution is 0.413. The second-order valence-corrected chi connectivity index (χ2v) is 6.38. The lowest BCUT2D eigenvalue weighted by atomic mass is 10.3. The highest BCUT2D eigenvalue weighted by atomic mass is 32.2. The second-order valence-electron chi connectivity index (χ2n) is 4.54. The Hall–Kier alpha value is -1.92. The number of hydrogen-bond donors (Lipinski definition) is 0. The molecule has 0 atom stereocenters. The molecule has 3 aromatic rings. The molecule has 22 heavy (non-hydrogen) atoms. The van der Waals surface area contributed by atoms with Crippen molar-refractivity contribution in [2.45, 2.75) is 11.5 Å². The first-order valence-electron chi connectivity index (χ1n) is 6.77. The van der Waals surface area contributed by atoms with Crippen molar-refractivity contribution in [2.75, 3.05) is 7.11 Å². The molecule has 0 aliphatic rings. The molecule has 0 fully saturated rings. The quantitative estimate of drug-likeness (QED) is 0.683. The number of thioether (sulfide) groups is 1. The van der Waals surface area contributed by atoms with E-state index in [1.165, 1.54) is 0 Å².